The number of hydrogen-bond acceptors (Lipinski definition) is 6. The Morgan fingerprint density at radius 2 is 1.74 bits per heavy atom. The minimum Gasteiger partial charge on any atom is -0.497 e. The van der Waals surface area contributed by atoms with E-state index in [1.165, 1.54) is 10.5 Å². The molecule has 4 amide bonds. The molecule has 0 spiro atoms. The van der Waals surface area contributed by atoms with Gasteiger partial charge in [0.25, 0.3) is 11.1 Å². The number of urea groups is 1. The quantitative estimate of drug-likeness (QED) is 0.613. The standard InChI is InChI=1S/C25H28N4O4S/c1-33-21-9-7-19(8-10-21)17-22-23(30)29(25(32)34-22)12-11-26-24(31)28-15-13-27(14-16-28)18-20-5-3-2-4-6-20/h2-10,17H,11-16,18H2,1H3,(H,26,31)/b22-17+. The molecule has 2 aromatic carbocycles. The summed E-state index contributed by atoms with van der Waals surface area (Å²) in [6, 6.07) is 17.4. The van der Waals surface area contributed by atoms with Crippen molar-refractivity contribution in [3.8, 4) is 5.75 Å². The lowest BCUT2D eigenvalue weighted by Gasteiger charge is -2.34. The van der Waals surface area contributed by atoms with E-state index in [0.717, 1.165) is 42.7 Å². The second-order valence-corrected chi connectivity index (χ2v) is 9.08. The highest BCUT2D eigenvalue weighted by atomic mass is 32.2. The first-order valence-electron chi connectivity index (χ1n) is 11.2. The van der Waals surface area contributed by atoms with E-state index >= 15 is 0 Å². The lowest BCUT2D eigenvalue weighted by Crippen LogP contribution is -2.52. The number of methoxy groups -OCH3 is 1. The van der Waals surface area contributed by atoms with Gasteiger partial charge in [-0.05, 0) is 41.1 Å². The molecule has 178 valence electrons. The van der Waals surface area contributed by atoms with Crippen molar-refractivity contribution in [2.45, 2.75) is 6.54 Å². The SMILES string of the molecule is COc1ccc(/C=C2/SC(=O)N(CCNC(=O)N3CCN(Cc4ccccc4)CC3)C2=O)cc1. The molecular weight excluding hydrogens is 452 g/mol. The van der Waals surface area contributed by atoms with Crippen molar-refractivity contribution in [3.63, 3.8) is 0 Å². The average Bonchev–Trinajstić information content (AvgIpc) is 3.13. The van der Waals surface area contributed by atoms with Gasteiger partial charge >= 0.3 is 6.03 Å². The van der Waals surface area contributed by atoms with Gasteiger partial charge in [-0.1, -0.05) is 42.5 Å². The molecule has 2 fully saturated rings. The number of carbonyl (C=O) groups excluding carboxylic acids is 3. The molecule has 2 heterocycles. The Bertz CT molecular complexity index is 1050. The summed E-state index contributed by atoms with van der Waals surface area (Å²) < 4.78 is 5.14. The van der Waals surface area contributed by atoms with E-state index in [1.807, 2.05) is 30.3 Å². The lowest BCUT2D eigenvalue weighted by molar-refractivity contribution is -0.122. The van der Waals surface area contributed by atoms with Crippen LogP contribution in [-0.4, -0.2) is 78.3 Å². The summed E-state index contributed by atoms with van der Waals surface area (Å²) in [6.45, 7) is 4.14. The van der Waals surface area contributed by atoms with Crippen molar-refractivity contribution in [2.75, 3.05) is 46.4 Å². The molecule has 34 heavy (non-hydrogen) atoms. The lowest BCUT2D eigenvalue weighted by atomic mass is 10.2. The molecule has 0 bridgehead atoms. The third-order valence-corrected chi connectivity index (χ3v) is 6.71. The summed E-state index contributed by atoms with van der Waals surface area (Å²) in [5, 5.41) is 2.52. The molecule has 2 saturated heterocycles. The molecule has 0 saturated carbocycles. The molecule has 9 heteroatoms. The first kappa shape index (κ1) is 23.8. The second kappa shape index (κ2) is 11.2. The van der Waals surface area contributed by atoms with Crippen LogP contribution in [0.25, 0.3) is 6.08 Å². The van der Waals surface area contributed by atoms with Gasteiger partial charge in [0.15, 0.2) is 0 Å². The maximum absolute atomic E-state index is 12.7. The van der Waals surface area contributed by atoms with Crippen molar-refractivity contribution in [1.29, 1.82) is 0 Å². The predicted octanol–water partition coefficient (Wildman–Crippen LogP) is 3.26. The Labute approximate surface area is 203 Å². The Morgan fingerprint density at radius 3 is 2.41 bits per heavy atom. The van der Waals surface area contributed by atoms with Crippen molar-refractivity contribution in [1.82, 2.24) is 20.0 Å². The smallest absolute Gasteiger partial charge is 0.317 e. The molecule has 0 unspecified atom stereocenters. The van der Waals surface area contributed by atoms with E-state index in [-0.39, 0.29) is 30.3 Å². The van der Waals surface area contributed by atoms with Crippen LogP contribution < -0.4 is 10.1 Å². The minimum absolute atomic E-state index is 0.143. The molecule has 2 aromatic rings. The maximum Gasteiger partial charge on any atom is 0.317 e. The number of carbonyl (C=O) groups is 3. The molecule has 0 radical (unpaired) electrons. The molecule has 0 aromatic heterocycles. The summed E-state index contributed by atoms with van der Waals surface area (Å²) in [7, 11) is 1.59. The molecule has 1 N–H and O–H groups in total. The zero-order valence-electron chi connectivity index (χ0n) is 19.1. The average molecular weight is 481 g/mol. The third-order valence-electron chi connectivity index (χ3n) is 5.81. The summed E-state index contributed by atoms with van der Waals surface area (Å²) in [5.41, 5.74) is 2.07. The predicted molar refractivity (Wildman–Crippen MR) is 132 cm³/mol. The number of imide groups is 1. The number of nitrogens with zero attached hydrogens (tertiary/aromatic N) is 3. The number of amides is 4. The zero-order valence-corrected chi connectivity index (χ0v) is 19.9. The molecule has 2 aliphatic heterocycles. The van der Waals surface area contributed by atoms with E-state index in [9.17, 15) is 14.4 Å². The van der Waals surface area contributed by atoms with Crippen molar-refractivity contribution >= 4 is 35.0 Å². The highest BCUT2D eigenvalue weighted by molar-refractivity contribution is 8.18. The van der Waals surface area contributed by atoms with Crippen LogP contribution in [0.1, 0.15) is 11.1 Å². The van der Waals surface area contributed by atoms with E-state index in [2.05, 4.69) is 22.3 Å². The van der Waals surface area contributed by atoms with Crippen LogP contribution >= 0.6 is 11.8 Å². The van der Waals surface area contributed by atoms with Gasteiger partial charge in [-0.25, -0.2) is 4.79 Å². The van der Waals surface area contributed by atoms with E-state index in [4.69, 9.17) is 4.74 Å². The minimum atomic E-state index is -0.338. The van der Waals surface area contributed by atoms with Crippen molar-refractivity contribution < 1.29 is 19.1 Å². The van der Waals surface area contributed by atoms with Crippen LogP contribution in [0.5, 0.6) is 5.75 Å². The molecule has 2 aliphatic rings. The van der Waals surface area contributed by atoms with Crippen molar-refractivity contribution in [3.05, 3.63) is 70.6 Å². The summed E-state index contributed by atoms with van der Waals surface area (Å²) in [6.07, 6.45) is 1.69. The monoisotopic (exact) mass is 480 g/mol. The maximum atomic E-state index is 12.7. The van der Waals surface area contributed by atoms with Gasteiger partial charge in [0.2, 0.25) is 0 Å². The number of ether oxygens (including phenoxy) is 1. The van der Waals surface area contributed by atoms with E-state index in [0.29, 0.717) is 18.0 Å². The summed E-state index contributed by atoms with van der Waals surface area (Å²) >= 11 is 0.913. The normalized spacial score (nSPS) is 18.0. The number of nitrogens with one attached hydrogen (secondary N) is 1. The van der Waals surface area contributed by atoms with Crippen LogP contribution in [0.4, 0.5) is 9.59 Å². The Balaban J connectivity index is 1.21. The summed E-state index contributed by atoms with van der Waals surface area (Å²) in [5.74, 6) is 0.383. The van der Waals surface area contributed by atoms with Crippen LogP contribution in [0.2, 0.25) is 0 Å². The molecule has 0 atom stereocenters. The number of piperazine rings is 1. The number of rotatable bonds is 7. The van der Waals surface area contributed by atoms with Gasteiger partial charge in [0.1, 0.15) is 5.75 Å². The first-order valence-corrected chi connectivity index (χ1v) is 12.0. The van der Waals surface area contributed by atoms with E-state index < -0.39 is 0 Å². The highest BCUT2D eigenvalue weighted by Crippen LogP contribution is 2.32. The molecule has 8 nitrogen and oxygen atoms in total. The van der Waals surface area contributed by atoms with Crippen LogP contribution in [0.15, 0.2) is 59.5 Å². The zero-order chi connectivity index (χ0) is 23.9. The summed E-state index contributed by atoms with van der Waals surface area (Å²) in [4.78, 5) is 43.2. The molecule has 0 aliphatic carbocycles. The Hall–Kier alpha value is -3.30. The largest absolute Gasteiger partial charge is 0.497 e. The number of benzene rings is 2. The fourth-order valence-electron chi connectivity index (χ4n) is 3.88. The molecule has 4 rings (SSSR count). The van der Waals surface area contributed by atoms with Crippen LogP contribution in [0.3, 0.4) is 0 Å². The molecular formula is C25H28N4O4S. The van der Waals surface area contributed by atoms with Gasteiger partial charge in [0, 0.05) is 45.8 Å². The third kappa shape index (κ3) is 5.98. The van der Waals surface area contributed by atoms with Crippen LogP contribution in [-0.2, 0) is 11.3 Å². The fraction of sp³-hybridized carbons (Fsp3) is 0.320. The van der Waals surface area contributed by atoms with E-state index in [1.54, 1.807) is 30.2 Å². The van der Waals surface area contributed by atoms with Gasteiger partial charge in [0.05, 0.1) is 12.0 Å². The van der Waals surface area contributed by atoms with Gasteiger partial charge in [-0.15, -0.1) is 0 Å². The van der Waals surface area contributed by atoms with Crippen molar-refractivity contribution in [2.24, 2.45) is 0 Å². The fourth-order valence-corrected chi connectivity index (χ4v) is 4.75. The topological polar surface area (TPSA) is 82.2 Å². The van der Waals surface area contributed by atoms with Gasteiger partial charge in [-0.3, -0.25) is 19.4 Å². The Kier molecular flexibility index (Phi) is 7.87. The second-order valence-electron chi connectivity index (χ2n) is 8.09. The number of hydrogen-bond donors (Lipinski definition) is 1. The van der Waals surface area contributed by atoms with Crippen LogP contribution in [0, 0.1) is 0 Å². The Morgan fingerprint density at radius 1 is 1.03 bits per heavy atom. The number of thioether (sulfide) groups is 1. The first-order chi connectivity index (χ1) is 16.5. The van der Waals surface area contributed by atoms with Gasteiger partial charge < -0.3 is 15.0 Å². The highest BCUT2D eigenvalue weighted by Gasteiger charge is 2.34. The van der Waals surface area contributed by atoms with Gasteiger partial charge in [-0.2, -0.15) is 0 Å².